The number of aliphatic hydroxyl groups excluding tert-OH is 3. The van der Waals surface area contributed by atoms with Crippen LogP contribution in [0.15, 0.2) is 9.98 Å². The number of carbonyl (C=O) groups is 10. The van der Waals surface area contributed by atoms with Crippen LogP contribution < -0.4 is 49.5 Å². The van der Waals surface area contributed by atoms with Crippen molar-refractivity contribution in [3.63, 3.8) is 0 Å². The van der Waals surface area contributed by atoms with Gasteiger partial charge in [0.05, 0.1) is 43.4 Å². The number of aliphatic imine (C=N–C) groups is 2. The molecule has 0 heterocycles. The van der Waals surface area contributed by atoms with E-state index in [0.717, 1.165) is 32.6 Å². The average molecular weight is 1140 g/mol. The van der Waals surface area contributed by atoms with E-state index in [9.17, 15) is 63.3 Å². The van der Waals surface area contributed by atoms with Crippen LogP contribution in [0.3, 0.4) is 0 Å². The highest BCUT2D eigenvalue weighted by molar-refractivity contribution is 5.98. The molecule has 0 rings (SSSR count). The normalized spacial score (nSPS) is 14.6. The zero-order valence-corrected chi connectivity index (χ0v) is 48.4. The van der Waals surface area contributed by atoms with Crippen LogP contribution in [0.5, 0.6) is 0 Å². The van der Waals surface area contributed by atoms with Crippen molar-refractivity contribution in [2.75, 3.05) is 26.3 Å². The van der Waals surface area contributed by atoms with Gasteiger partial charge in [0.15, 0.2) is 35.1 Å². The van der Waals surface area contributed by atoms with Crippen LogP contribution in [-0.2, 0) is 47.9 Å². The summed E-state index contributed by atoms with van der Waals surface area (Å²) in [6.45, 7) is 7.69. The highest BCUT2D eigenvalue weighted by Gasteiger charge is 2.35. The Bertz CT molecular complexity index is 1990. The van der Waals surface area contributed by atoms with Crippen LogP contribution in [0, 0.1) is 23.7 Å². The van der Waals surface area contributed by atoms with Crippen LogP contribution in [0.2, 0.25) is 0 Å². The molecule has 0 radical (unpaired) electrons. The fraction of sp³-hybridized carbons (Fsp3) is 0.782. The second kappa shape index (κ2) is 42.8. The predicted octanol–water partition coefficient (Wildman–Crippen LogP) is 1.22. The number of amides is 5. The van der Waals surface area contributed by atoms with Crippen molar-refractivity contribution in [3.8, 4) is 0 Å². The molecule has 5 amide bonds. The lowest BCUT2D eigenvalue weighted by Gasteiger charge is -2.27. The maximum absolute atomic E-state index is 13.9. The maximum Gasteiger partial charge on any atom is 0.303 e. The summed E-state index contributed by atoms with van der Waals surface area (Å²) >= 11 is 0. The SMILES string of the molecule is CCCCCCCCCCCCCCCC(=O)N[C@H](C(=O)N[C@H](C(=O)C[C@@H](C)C(=O)N[C@@H](CCCN=C(N)N)C(=O)C[C@@H](CO)C(=O)N[C@@H](CO)C(=O)C[C@@H](CCCN=C(N)N)C(=O)N[C@@H](CCC(=O)O)C(C)=O)C(C)C)[C@@H](C)O. The highest BCUT2D eigenvalue weighted by Crippen LogP contribution is 2.19. The third-order valence-electron chi connectivity index (χ3n) is 13.7. The van der Waals surface area contributed by atoms with Crippen LogP contribution in [0.4, 0.5) is 0 Å². The molecule has 25 nitrogen and oxygen atoms in total. The second-order valence-electron chi connectivity index (χ2n) is 21.3. The van der Waals surface area contributed by atoms with E-state index < -0.39 is 158 Å². The molecule has 0 aromatic heterocycles. The first kappa shape index (κ1) is 73.9. The number of aliphatic carboxylic acids is 1. The minimum absolute atomic E-state index is 0.0133. The van der Waals surface area contributed by atoms with Gasteiger partial charge in [-0.25, -0.2) is 0 Å². The summed E-state index contributed by atoms with van der Waals surface area (Å²) in [5, 5.41) is 52.8. The zero-order chi connectivity index (χ0) is 60.7. The number of carbonyl (C=O) groups excluding carboxylic acids is 9. The molecule has 0 aliphatic heterocycles. The van der Waals surface area contributed by atoms with E-state index >= 15 is 0 Å². The molecule has 0 fully saturated rings. The lowest BCUT2D eigenvalue weighted by Crippen LogP contribution is -2.57. The average Bonchev–Trinajstić information content (AvgIpc) is 3.38. The third-order valence-corrected chi connectivity index (χ3v) is 13.7. The molecular weight excluding hydrogens is 1040 g/mol. The predicted molar refractivity (Wildman–Crippen MR) is 303 cm³/mol. The molecular formula is C55H99N11O14. The number of rotatable bonds is 48. The van der Waals surface area contributed by atoms with E-state index in [2.05, 4.69) is 43.5 Å². The van der Waals surface area contributed by atoms with Crippen molar-refractivity contribution in [1.82, 2.24) is 26.6 Å². The number of hydrogen-bond acceptors (Lipinski definition) is 15. The molecule has 0 saturated carbocycles. The Labute approximate surface area is 472 Å². The number of nitrogens with zero attached hydrogens (tertiary/aromatic N) is 2. The van der Waals surface area contributed by atoms with E-state index in [4.69, 9.17) is 28.0 Å². The topological polar surface area (TPSA) is 441 Å². The summed E-state index contributed by atoms with van der Waals surface area (Å²) in [7, 11) is 0. The van der Waals surface area contributed by atoms with Crippen molar-refractivity contribution in [2.24, 2.45) is 56.6 Å². The van der Waals surface area contributed by atoms with Crippen molar-refractivity contribution in [3.05, 3.63) is 0 Å². The standard InChI is InChI=1S/C55H99N11O14/c1-7-8-9-10-11-12-13-14-15-16-17-18-19-24-46(74)65-49(37(6)70)53(80)66-48(34(2)3)45(73)29-35(4)50(77)63-41(23-21-28-61-55(58)59)43(71)31-39(32-67)52(79)64-42(33-68)44(72)30-38(22-20-27-60-54(56)57)51(78)62-40(36(5)69)25-26-47(75)76/h34-35,37-42,48-49,67-68,70H,7-33H2,1-6H3,(H,62,78)(H,63,77)(H,64,79)(H,65,74)(H,66,80)(H,75,76)(H4,56,57,60)(H4,58,59,61)/t35-,37-,38-,39+,40+,41+,42+,48+,49+/m1/s1. The van der Waals surface area contributed by atoms with Crippen molar-refractivity contribution >= 4 is 70.6 Å². The van der Waals surface area contributed by atoms with Gasteiger partial charge in [0, 0.05) is 57.0 Å². The monoisotopic (exact) mass is 1140 g/mol. The van der Waals surface area contributed by atoms with Crippen molar-refractivity contribution in [1.29, 1.82) is 0 Å². The molecule has 9 atom stereocenters. The van der Waals surface area contributed by atoms with E-state index in [1.807, 2.05) is 0 Å². The summed E-state index contributed by atoms with van der Waals surface area (Å²) in [4.78, 5) is 140. The van der Waals surface area contributed by atoms with Gasteiger partial charge < -0.3 is 69.9 Å². The van der Waals surface area contributed by atoms with E-state index in [0.29, 0.717) is 6.42 Å². The first-order valence-electron chi connectivity index (χ1n) is 28.6. The summed E-state index contributed by atoms with van der Waals surface area (Å²) < 4.78 is 0. The van der Waals surface area contributed by atoms with E-state index in [1.54, 1.807) is 13.8 Å². The largest absolute Gasteiger partial charge is 0.481 e. The van der Waals surface area contributed by atoms with Crippen LogP contribution in [0.25, 0.3) is 0 Å². The molecule has 25 heteroatoms. The molecule has 0 spiro atoms. The Kier molecular flexibility index (Phi) is 39.5. The number of aliphatic hydroxyl groups is 3. The first-order chi connectivity index (χ1) is 37.8. The Morgan fingerprint density at radius 3 is 1.43 bits per heavy atom. The van der Waals surface area contributed by atoms with Crippen LogP contribution >= 0.6 is 0 Å². The summed E-state index contributed by atoms with van der Waals surface area (Å²) in [6.07, 6.45) is 11.6. The Morgan fingerprint density at radius 2 is 0.950 bits per heavy atom. The van der Waals surface area contributed by atoms with Gasteiger partial charge in [0.1, 0.15) is 12.1 Å². The maximum atomic E-state index is 13.9. The minimum atomic E-state index is -1.64. The quantitative estimate of drug-likeness (QED) is 0.0231. The molecule has 0 bridgehead atoms. The summed E-state index contributed by atoms with van der Waals surface area (Å²) in [5.41, 5.74) is 21.7. The van der Waals surface area contributed by atoms with Crippen LogP contribution in [-0.4, -0.2) is 154 Å². The molecule has 0 aliphatic carbocycles. The molecule has 0 aliphatic rings. The Balaban J connectivity index is 5.89. The molecule has 0 saturated heterocycles. The minimum Gasteiger partial charge on any atom is -0.481 e. The number of nitrogens with two attached hydrogens (primary N) is 4. The molecule has 0 aromatic rings. The number of carboxylic acid groups (broad SMARTS) is 1. The van der Waals surface area contributed by atoms with Gasteiger partial charge >= 0.3 is 5.97 Å². The van der Waals surface area contributed by atoms with Gasteiger partial charge in [0.2, 0.25) is 29.5 Å². The smallest absolute Gasteiger partial charge is 0.303 e. The van der Waals surface area contributed by atoms with Gasteiger partial charge in [-0.05, 0) is 58.3 Å². The number of hydrogen-bond donors (Lipinski definition) is 13. The zero-order valence-electron chi connectivity index (χ0n) is 48.4. The molecule has 80 heavy (non-hydrogen) atoms. The van der Waals surface area contributed by atoms with E-state index in [1.165, 1.54) is 65.2 Å². The van der Waals surface area contributed by atoms with Gasteiger partial charge in [-0.1, -0.05) is 105 Å². The van der Waals surface area contributed by atoms with E-state index in [-0.39, 0.29) is 63.5 Å². The number of unbranched alkanes of at least 4 members (excludes halogenated alkanes) is 12. The number of nitrogens with one attached hydrogen (secondary N) is 5. The lowest BCUT2D eigenvalue weighted by atomic mass is 9.91. The Hall–Kier alpha value is -6.08. The fourth-order valence-electron chi connectivity index (χ4n) is 8.80. The summed E-state index contributed by atoms with van der Waals surface area (Å²) in [5.74, 6) is -12.4. The Morgan fingerprint density at radius 1 is 0.475 bits per heavy atom. The first-order valence-corrected chi connectivity index (χ1v) is 28.6. The highest BCUT2D eigenvalue weighted by atomic mass is 16.4. The second-order valence-corrected chi connectivity index (χ2v) is 21.3. The van der Waals surface area contributed by atoms with Gasteiger partial charge in [-0.2, -0.15) is 0 Å². The number of guanidine groups is 2. The number of Topliss-reactive ketones (excluding diaryl/α,β-unsaturated/α-hetero) is 4. The van der Waals surface area contributed by atoms with Crippen molar-refractivity contribution < 1.29 is 68.4 Å². The number of carboxylic acids is 1. The van der Waals surface area contributed by atoms with Crippen molar-refractivity contribution in [2.45, 2.75) is 226 Å². The third kappa shape index (κ3) is 33.5. The molecule has 0 unspecified atom stereocenters. The lowest BCUT2D eigenvalue weighted by molar-refractivity contribution is -0.138. The number of ketones is 4. The van der Waals surface area contributed by atoms with Crippen LogP contribution in [0.1, 0.15) is 189 Å². The van der Waals surface area contributed by atoms with Gasteiger partial charge in [-0.15, -0.1) is 0 Å². The fourth-order valence-corrected chi connectivity index (χ4v) is 8.80. The summed E-state index contributed by atoms with van der Waals surface area (Å²) in [6, 6.07) is -6.64. The van der Waals surface area contributed by atoms with Gasteiger partial charge in [-0.3, -0.25) is 57.9 Å². The van der Waals surface area contributed by atoms with Gasteiger partial charge in [0.25, 0.3) is 0 Å². The molecule has 458 valence electrons. The molecule has 0 aromatic carbocycles. The molecule has 17 N–H and O–H groups in total.